The molecule has 1 saturated heterocycles. The van der Waals surface area contributed by atoms with E-state index >= 15 is 0 Å². The lowest BCUT2D eigenvalue weighted by Gasteiger charge is -2.37. The SMILES string of the molecule is Cc1cc(CN2Cc3ccnn3CCC2CN2CCC(C)CC2)n(C)n1. The highest BCUT2D eigenvalue weighted by Gasteiger charge is 2.28. The summed E-state index contributed by atoms with van der Waals surface area (Å²) in [6.07, 6.45) is 5.79. The van der Waals surface area contributed by atoms with Crippen LogP contribution in [0.4, 0.5) is 0 Å². The summed E-state index contributed by atoms with van der Waals surface area (Å²) in [5.41, 5.74) is 3.73. The molecule has 0 aromatic carbocycles. The average Bonchev–Trinajstić information content (AvgIpc) is 3.14. The third kappa shape index (κ3) is 3.86. The van der Waals surface area contributed by atoms with Gasteiger partial charge in [-0.3, -0.25) is 14.3 Å². The van der Waals surface area contributed by atoms with Gasteiger partial charge < -0.3 is 4.90 Å². The second-order valence-corrected chi connectivity index (χ2v) is 8.28. The van der Waals surface area contributed by atoms with Crippen LogP contribution in [0.1, 0.15) is 43.3 Å². The number of fused-ring (bicyclic) bond motifs is 1. The zero-order valence-electron chi connectivity index (χ0n) is 16.4. The summed E-state index contributed by atoms with van der Waals surface area (Å²) in [6.45, 7) is 11.1. The number of aryl methyl sites for hydroxylation is 3. The smallest absolute Gasteiger partial charge is 0.0597 e. The summed E-state index contributed by atoms with van der Waals surface area (Å²) in [7, 11) is 2.06. The summed E-state index contributed by atoms with van der Waals surface area (Å²) in [4.78, 5) is 5.33. The average molecular weight is 357 g/mol. The highest BCUT2D eigenvalue weighted by molar-refractivity contribution is 5.10. The molecule has 2 aliphatic heterocycles. The molecule has 0 spiro atoms. The van der Waals surface area contributed by atoms with Crippen LogP contribution in [0.5, 0.6) is 0 Å². The van der Waals surface area contributed by atoms with Crippen LogP contribution in [0.15, 0.2) is 18.3 Å². The van der Waals surface area contributed by atoms with Crippen molar-refractivity contribution in [3.63, 3.8) is 0 Å². The van der Waals surface area contributed by atoms with Gasteiger partial charge in [-0.1, -0.05) is 6.92 Å². The maximum absolute atomic E-state index is 4.55. The zero-order valence-corrected chi connectivity index (χ0v) is 16.4. The van der Waals surface area contributed by atoms with Gasteiger partial charge in [-0.15, -0.1) is 0 Å². The highest BCUT2D eigenvalue weighted by atomic mass is 15.3. The first-order valence-corrected chi connectivity index (χ1v) is 10.0. The van der Waals surface area contributed by atoms with E-state index in [4.69, 9.17) is 0 Å². The molecule has 142 valence electrons. The lowest BCUT2D eigenvalue weighted by molar-refractivity contribution is 0.0997. The van der Waals surface area contributed by atoms with E-state index in [2.05, 4.69) is 57.7 Å². The molecule has 0 N–H and O–H groups in total. The van der Waals surface area contributed by atoms with Crippen molar-refractivity contribution in [2.45, 2.75) is 58.8 Å². The van der Waals surface area contributed by atoms with E-state index in [-0.39, 0.29) is 0 Å². The Morgan fingerprint density at radius 1 is 1.15 bits per heavy atom. The number of nitrogens with zero attached hydrogens (tertiary/aromatic N) is 6. The number of hydrogen-bond donors (Lipinski definition) is 0. The second-order valence-electron chi connectivity index (χ2n) is 8.28. The van der Waals surface area contributed by atoms with Crippen LogP contribution >= 0.6 is 0 Å². The largest absolute Gasteiger partial charge is 0.302 e. The minimum atomic E-state index is 0.570. The lowest BCUT2D eigenvalue weighted by Crippen LogP contribution is -2.45. The molecular formula is C20H32N6. The van der Waals surface area contributed by atoms with Crippen molar-refractivity contribution < 1.29 is 0 Å². The summed E-state index contributed by atoms with van der Waals surface area (Å²) < 4.78 is 4.23. The van der Waals surface area contributed by atoms with Crippen LogP contribution in [0, 0.1) is 12.8 Å². The normalized spacial score (nSPS) is 23.1. The van der Waals surface area contributed by atoms with Gasteiger partial charge in [-0.2, -0.15) is 10.2 Å². The maximum atomic E-state index is 4.55. The third-order valence-electron chi connectivity index (χ3n) is 6.17. The Balaban J connectivity index is 1.51. The zero-order chi connectivity index (χ0) is 18.1. The summed E-state index contributed by atoms with van der Waals surface area (Å²) in [5, 5.41) is 9.08. The van der Waals surface area contributed by atoms with E-state index in [1.54, 1.807) is 0 Å². The molecule has 26 heavy (non-hydrogen) atoms. The number of hydrogen-bond acceptors (Lipinski definition) is 4. The number of rotatable bonds is 4. The van der Waals surface area contributed by atoms with E-state index < -0.39 is 0 Å². The number of aromatic nitrogens is 4. The molecule has 2 aromatic heterocycles. The maximum Gasteiger partial charge on any atom is 0.0597 e. The Morgan fingerprint density at radius 2 is 1.96 bits per heavy atom. The van der Waals surface area contributed by atoms with Crippen LogP contribution in [0.3, 0.4) is 0 Å². The Morgan fingerprint density at radius 3 is 2.69 bits per heavy atom. The van der Waals surface area contributed by atoms with Gasteiger partial charge in [0, 0.05) is 45.5 Å². The van der Waals surface area contributed by atoms with Crippen molar-refractivity contribution in [1.29, 1.82) is 0 Å². The van der Waals surface area contributed by atoms with Crippen molar-refractivity contribution in [2.24, 2.45) is 13.0 Å². The van der Waals surface area contributed by atoms with Crippen molar-refractivity contribution in [3.8, 4) is 0 Å². The van der Waals surface area contributed by atoms with Gasteiger partial charge in [0.25, 0.3) is 0 Å². The van der Waals surface area contributed by atoms with E-state index in [9.17, 15) is 0 Å². The number of piperidine rings is 1. The molecule has 6 nitrogen and oxygen atoms in total. The molecular weight excluding hydrogens is 324 g/mol. The van der Waals surface area contributed by atoms with E-state index in [0.717, 1.165) is 37.7 Å². The molecule has 0 radical (unpaired) electrons. The molecule has 1 unspecified atom stereocenters. The molecule has 0 bridgehead atoms. The van der Waals surface area contributed by atoms with Crippen LogP contribution in [0.2, 0.25) is 0 Å². The third-order valence-corrected chi connectivity index (χ3v) is 6.17. The van der Waals surface area contributed by atoms with Gasteiger partial charge in [-0.05, 0) is 57.3 Å². The highest BCUT2D eigenvalue weighted by Crippen LogP contribution is 2.23. The lowest BCUT2D eigenvalue weighted by atomic mass is 9.98. The second kappa shape index (κ2) is 7.53. The first-order chi connectivity index (χ1) is 12.6. The van der Waals surface area contributed by atoms with Crippen LogP contribution in [-0.2, 0) is 26.7 Å². The van der Waals surface area contributed by atoms with E-state index in [1.165, 1.54) is 43.9 Å². The molecule has 4 heterocycles. The molecule has 1 atom stereocenters. The predicted octanol–water partition coefficient (Wildman–Crippen LogP) is 2.43. The quantitative estimate of drug-likeness (QED) is 0.844. The Bertz CT molecular complexity index is 724. The number of likely N-dealkylation sites (tertiary alicyclic amines) is 1. The van der Waals surface area contributed by atoms with Gasteiger partial charge in [-0.25, -0.2) is 0 Å². The molecule has 0 saturated carbocycles. The van der Waals surface area contributed by atoms with Gasteiger partial charge in [0.1, 0.15) is 0 Å². The molecule has 6 heteroatoms. The predicted molar refractivity (Wildman–Crippen MR) is 103 cm³/mol. The first kappa shape index (κ1) is 17.7. The van der Waals surface area contributed by atoms with Gasteiger partial charge in [0.05, 0.1) is 17.1 Å². The summed E-state index contributed by atoms with van der Waals surface area (Å²) in [5.74, 6) is 0.888. The van der Waals surface area contributed by atoms with E-state index in [1.807, 2.05) is 10.9 Å². The van der Waals surface area contributed by atoms with Crippen molar-refractivity contribution in [1.82, 2.24) is 29.4 Å². The molecule has 2 aromatic rings. The van der Waals surface area contributed by atoms with Crippen LogP contribution in [0.25, 0.3) is 0 Å². The van der Waals surface area contributed by atoms with Crippen LogP contribution < -0.4 is 0 Å². The Labute approximate surface area is 156 Å². The summed E-state index contributed by atoms with van der Waals surface area (Å²) >= 11 is 0. The standard InChI is InChI=1S/C20H32N6/c1-16-5-9-24(10-6-16)13-18-7-11-26-19(4-8-21-26)14-25(18)15-20-12-17(2)22-23(20)3/h4,8,12,16,18H,5-7,9-11,13-15H2,1-3H3. The monoisotopic (exact) mass is 356 g/mol. The fraction of sp³-hybridized carbons (Fsp3) is 0.700. The van der Waals surface area contributed by atoms with Crippen LogP contribution in [-0.4, -0.2) is 55.0 Å². The summed E-state index contributed by atoms with van der Waals surface area (Å²) in [6, 6.07) is 4.97. The van der Waals surface area contributed by atoms with Gasteiger partial charge in [0.2, 0.25) is 0 Å². The Kier molecular flexibility index (Phi) is 5.14. The van der Waals surface area contributed by atoms with Crippen molar-refractivity contribution >= 4 is 0 Å². The first-order valence-electron chi connectivity index (χ1n) is 10.0. The Hall–Kier alpha value is -1.66. The molecule has 4 rings (SSSR count). The van der Waals surface area contributed by atoms with Gasteiger partial charge >= 0.3 is 0 Å². The molecule has 1 fully saturated rings. The molecule has 2 aliphatic rings. The van der Waals surface area contributed by atoms with Gasteiger partial charge in [0.15, 0.2) is 0 Å². The van der Waals surface area contributed by atoms with E-state index in [0.29, 0.717) is 6.04 Å². The molecule has 0 aliphatic carbocycles. The minimum absolute atomic E-state index is 0.570. The fourth-order valence-electron chi connectivity index (χ4n) is 4.44. The minimum Gasteiger partial charge on any atom is -0.302 e. The molecule has 0 amide bonds. The topological polar surface area (TPSA) is 42.1 Å². The fourth-order valence-corrected chi connectivity index (χ4v) is 4.44. The van der Waals surface area contributed by atoms with Crippen molar-refractivity contribution in [2.75, 3.05) is 19.6 Å². The van der Waals surface area contributed by atoms with Crippen molar-refractivity contribution in [3.05, 3.63) is 35.4 Å².